The molecule has 0 aliphatic carbocycles. The maximum absolute atomic E-state index is 13.1. The van der Waals surface area contributed by atoms with E-state index in [0.717, 1.165) is 35.7 Å². The van der Waals surface area contributed by atoms with E-state index in [1.165, 1.54) is 11.8 Å². The van der Waals surface area contributed by atoms with Gasteiger partial charge in [0.1, 0.15) is 13.2 Å². The van der Waals surface area contributed by atoms with E-state index in [4.69, 9.17) is 9.47 Å². The molecule has 0 unspecified atom stereocenters. The number of fused-ring (bicyclic) bond motifs is 4. The number of thioether (sulfide) groups is 1. The predicted octanol–water partition coefficient (Wildman–Crippen LogP) is 4.26. The topological polar surface area (TPSA) is 115 Å². The Morgan fingerprint density at radius 2 is 1.82 bits per heavy atom. The van der Waals surface area contributed by atoms with Gasteiger partial charge in [-0.05, 0) is 68.7 Å². The van der Waals surface area contributed by atoms with Crippen LogP contribution in [0.2, 0.25) is 0 Å². The molecule has 2 aliphatic rings. The summed E-state index contributed by atoms with van der Waals surface area (Å²) in [6, 6.07) is 12.2. The van der Waals surface area contributed by atoms with E-state index in [-0.39, 0.29) is 22.6 Å². The van der Waals surface area contributed by atoms with Crippen molar-refractivity contribution in [1.82, 2.24) is 18.9 Å². The van der Waals surface area contributed by atoms with Gasteiger partial charge in [-0.1, -0.05) is 18.2 Å². The second kappa shape index (κ2) is 10.3. The van der Waals surface area contributed by atoms with E-state index in [0.29, 0.717) is 47.7 Å². The van der Waals surface area contributed by atoms with E-state index in [2.05, 4.69) is 15.5 Å². The second-order valence-corrected chi connectivity index (χ2v) is 12.7. The number of aromatic nitrogens is 3. The molecule has 12 heteroatoms. The second-order valence-electron chi connectivity index (χ2n) is 9.85. The summed E-state index contributed by atoms with van der Waals surface area (Å²) in [5.74, 6) is 1.24. The minimum Gasteiger partial charge on any atom is -0.486 e. The number of benzene rings is 2. The fourth-order valence-electron chi connectivity index (χ4n) is 5.14. The smallest absolute Gasteiger partial charge is 0.243 e. The van der Waals surface area contributed by atoms with Crippen LogP contribution in [0.4, 0.5) is 5.69 Å². The number of carbonyl (C=O) groups is 1. The van der Waals surface area contributed by atoms with Gasteiger partial charge in [-0.25, -0.2) is 8.42 Å². The van der Waals surface area contributed by atoms with Crippen LogP contribution in [0.5, 0.6) is 11.5 Å². The summed E-state index contributed by atoms with van der Waals surface area (Å²) in [5, 5.41) is 13.1. The van der Waals surface area contributed by atoms with Gasteiger partial charge in [-0.2, -0.15) is 4.31 Å². The highest BCUT2D eigenvalue weighted by Crippen LogP contribution is 2.36. The Hall–Kier alpha value is -3.35. The molecule has 4 heterocycles. The van der Waals surface area contributed by atoms with Crippen LogP contribution < -0.4 is 14.8 Å². The Labute approximate surface area is 230 Å². The van der Waals surface area contributed by atoms with Gasteiger partial charge in [0.15, 0.2) is 22.3 Å². The standard InChI is InChI=1S/C27H29N5O5S2/c1-17-13-19-14-23-24(37-12-11-36-23)15-22(19)32-26(17)29-30-27(32)38-16-25(33)28-20-6-8-21(9-7-20)39(34,35)31-10-4-3-5-18(31)2/h6-9,13-15,18H,3-5,10-12,16H2,1-2H3,(H,28,33)/t18-/m0/s1. The summed E-state index contributed by atoms with van der Waals surface area (Å²) in [7, 11) is -3.56. The minimum absolute atomic E-state index is 0.0134. The largest absolute Gasteiger partial charge is 0.486 e. The molecule has 2 aromatic heterocycles. The van der Waals surface area contributed by atoms with Gasteiger partial charge in [0.05, 0.1) is 16.2 Å². The summed E-state index contributed by atoms with van der Waals surface area (Å²) in [6.07, 6.45) is 2.78. The highest BCUT2D eigenvalue weighted by Gasteiger charge is 2.30. The number of piperidine rings is 1. The van der Waals surface area contributed by atoms with Crippen molar-refractivity contribution < 1.29 is 22.7 Å². The number of hydrogen-bond donors (Lipinski definition) is 1. The number of anilines is 1. The number of amides is 1. The summed E-state index contributed by atoms with van der Waals surface area (Å²) in [5.41, 5.74) is 3.06. The van der Waals surface area contributed by atoms with Crippen molar-refractivity contribution in [1.29, 1.82) is 0 Å². The molecule has 1 atom stereocenters. The quantitative estimate of drug-likeness (QED) is 0.344. The SMILES string of the molecule is Cc1cc2cc3c(cc2n2c(SCC(=O)Nc4ccc(S(=O)(=O)N5CCCC[C@@H]5C)cc4)nnc12)OCCO3. The summed E-state index contributed by atoms with van der Waals surface area (Å²) >= 11 is 1.27. The number of nitrogens with zero attached hydrogens (tertiary/aromatic N) is 4. The molecule has 2 aromatic carbocycles. The van der Waals surface area contributed by atoms with Crippen molar-refractivity contribution >= 4 is 49.9 Å². The maximum Gasteiger partial charge on any atom is 0.243 e. The highest BCUT2D eigenvalue weighted by atomic mass is 32.2. The third-order valence-corrected chi connectivity index (χ3v) is 10.1. The predicted molar refractivity (Wildman–Crippen MR) is 149 cm³/mol. The molecule has 204 valence electrons. The van der Waals surface area contributed by atoms with Crippen LogP contribution in [0, 0.1) is 6.92 Å². The maximum atomic E-state index is 13.1. The zero-order chi connectivity index (χ0) is 27.1. The van der Waals surface area contributed by atoms with Crippen LogP contribution in [0.3, 0.4) is 0 Å². The zero-order valence-corrected chi connectivity index (χ0v) is 23.3. The van der Waals surface area contributed by atoms with Crippen molar-refractivity contribution in [3.63, 3.8) is 0 Å². The first kappa shape index (κ1) is 25.9. The lowest BCUT2D eigenvalue weighted by atomic mass is 10.1. The van der Waals surface area contributed by atoms with E-state index in [1.807, 2.05) is 36.4 Å². The van der Waals surface area contributed by atoms with Gasteiger partial charge in [0.2, 0.25) is 15.9 Å². The lowest BCUT2D eigenvalue weighted by molar-refractivity contribution is -0.113. The first-order chi connectivity index (χ1) is 18.8. The van der Waals surface area contributed by atoms with Crippen molar-refractivity contribution in [3.05, 3.63) is 48.0 Å². The molecule has 0 radical (unpaired) electrons. The van der Waals surface area contributed by atoms with Gasteiger partial charge in [0.25, 0.3) is 0 Å². The van der Waals surface area contributed by atoms with Crippen molar-refractivity contribution in [2.24, 2.45) is 0 Å². The molecule has 6 rings (SSSR count). The Morgan fingerprint density at radius 3 is 2.56 bits per heavy atom. The van der Waals surface area contributed by atoms with Crippen LogP contribution in [0.25, 0.3) is 16.6 Å². The number of carbonyl (C=O) groups excluding carboxylic acids is 1. The molecular weight excluding hydrogens is 538 g/mol. The number of sulfonamides is 1. The molecule has 1 saturated heterocycles. The lowest BCUT2D eigenvalue weighted by Gasteiger charge is -2.32. The van der Waals surface area contributed by atoms with E-state index < -0.39 is 10.0 Å². The number of hydrogen-bond acceptors (Lipinski definition) is 8. The van der Waals surface area contributed by atoms with Crippen LogP contribution in [-0.2, 0) is 14.8 Å². The fourth-order valence-corrected chi connectivity index (χ4v) is 7.58. The van der Waals surface area contributed by atoms with Gasteiger partial charge in [-0.15, -0.1) is 10.2 Å². The van der Waals surface area contributed by atoms with Crippen molar-refractivity contribution in [2.75, 3.05) is 30.8 Å². The van der Waals surface area contributed by atoms with Crippen LogP contribution in [0.15, 0.2) is 52.5 Å². The molecule has 0 saturated carbocycles. The molecule has 1 fully saturated rings. The average Bonchev–Trinajstić information content (AvgIpc) is 3.36. The Balaban J connectivity index is 1.17. The third kappa shape index (κ3) is 4.92. The van der Waals surface area contributed by atoms with E-state index >= 15 is 0 Å². The summed E-state index contributed by atoms with van der Waals surface area (Å²) < 4.78 is 41.2. The Kier molecular flexibility index (Phi) is 6.86. The highest BCUT2D eigenvalue weighted by molar-refractivity contribution is 7.99. The van der Waals surface area contributed by atoms with Crippen molar-refractivity contribution in [2.45, 2.75) is 49.2 Å². The minimum atomic E-state index is -3.56. The molecule has 10 nitrogen and oxygen atoms in total. The molecule has 2 aliphatic heterocycles. The molecular formula is C27H29N5O5S2. The first-order valence-electron chi connectivity index (χ1n) is 12.9. The normalized spacial score (nSPS) is 17.9. The van der Waals surface area contributed by atoms with E-state index in [9.17, 15) is 13.2 Å². The van der Waals surface area contributed by atoms with Crippen LogP contribution in [0.1, 0.15) is 31.7 Å². The Bertz CT molecular complexity index is 1670. The average molecular weight is 568 g/mol. The fraction of sp³-hybridized carbons (Fsp3) is 0.370. The van der Waals surface area contributed by atoms with Crippen molar-refractivity contribution in [3.8, 4) is 11.5 Å². The number of rotatable bonds is 6. The van der Waals surface area contributed by atoms with Gasteiger partial charge in [0, 0.05) is 29.7 Å². The zero-order valence-electron chi connectivity index (χ0n) is 21.7. The summed E-state index contributed by atoms with van der Waals surface area (Å²) in [4.78, 5) is 13.0. The van der Waals surface area contributed by atoms with Crippen LogP contribution >= 0.6 is 11.8 Å². The lowest BCUT2D eigenvalue weighted by Crippen LogP contribution is -2.41. The van der Waals surface area contributed by atoms with Gasteiger partial charge < -0.3 is 14.8 Å². The molecule has 1 amide bonds. The monoisotopic (exact) mass is 567 g/mol. The van der Waals surface area contributed by atoms with Gasteiger partial charge >= 0.3 is 0 Å². The van der Waals surface area contributed by atoms with E-state index in [1.54, 1.807) is 28.6 Å². The number of pyridine rings is 1. The molecule has 0 spiro atoms. The Morgan fingerprint density at radius 1 is 1.08 bits per heavy atom. The molecule has 4 aromatic rings. The molecule has 1 N–H and O–H groups in total. The summed E-state index contributed by atoms with van der Waals surface area (Å²) in [6.45, 7) is 5.45. The van der Waals surface area contributed by atoms with Crippen LogP contribution in [-0.4, -0.2) is 64.8 Å². The third-order valence-electron chi connectivity index (χ3n) is 7.11. The van der Waals surface area contributed by atoms with Gasteiger partial charge in [-0.3, -0.25) is 9.20 Å². The number of ether oxygens (including phenoxy) is 2. The number of aryl methyl sites for hydroxylation is 1. The number of nitrogens with one attached hydrogen (secondary N) is 1. The molecule has 39 heavy (non-hydrogen) atoms. The first-order valence-corrected chi connectivity index (χ1v) is 15.4. The molecule has 0 bridgehead atoms.